The highest BCUT2D eigenvalue weighted by molar-refractivity contribution is 7.91. The Bertz CT molecular complexity index is 923. The largest absolute Gasteiger partial charge is 0.380 e. The molecule has 4 N–H and O–H groups in total. The van der Waals surface area contributed by atoms with Gasteiger partial charge in [0.1, 0.15) is 0 Å². The second kappa shape index (κ2) is 6.24. The molecule has 23 heavy (non-hydrogen) atoms. The molecule has 120 valence electrons. The van der Waals surface area contributed by atoms with Gasteiger partial charge in [0.15, 0.2) is 4.21 Å². The standard InChI is InChI=1S/C12H11ClN6O2S2/c13-9-5-7(22-12(9)23(14,20)21)6-15-10-4-2-1-3-8(10)11-16-18-19-17-11/h1-5,15H,6H2,(H2,14,20,21)(H,16,17,18,19). The average Bonchev–Trinajstić information content (AvgIpc) is 3.14. The minimum Gasteiger partial charge on any atom is -0.380 e. The first kappa shape index (κ1) is 15.9. The van der Waals surface area contributed by atoms with Gasteiger partial charge in [0.25, 0.3) is 0 Å². The molecule has 0 spiro atoms. The van der Waals surface area contributed by atoms with Gasteiger partial charge in [-0.1, -0.05) is 23.7 Å². The molecule has 2 heterocycles. The molecule has 11 heteroatoms. The fraction of sp³-hybridized carbons (Fsp3) is 0.0833. The predicted molar refractivity (Wildman–Crippen MR) is 87.6 cm³/mol. The molecule has 0 saturated heterocycles. The number of anilines is 1. The minimum atomic E-state index is -3.81. The Hall–Kier alpha value is -2.01. The lowest BCUT2D eigenvalue weighted by Crippen LogP contribution is -2.10. The highest BCUT2D eigenvalue weighted by Gasteiger charge is 2.17. The molecule has 0 unspecified atom stereocenters. The Morgan fingerprint density at radius 2 is 2.13 bits per heavy atom. The number of hydrogen-bond donors (Lipinski definition) is 3. The SMILES string of the molecule is NS(=O)(=O)c1sc(CNc2ccccc2-c2nn[nH]n2)cc1Cl. The summed E-state index contributed by atoms with van der Waals surface area (Å²) in [5.74, 6) is 0.461. The highest BCUT2D eigenvalue weighted by Crippen LogP contribution is 2.31. The second-order valence-electron chi connectivity index (χ2n) is 4.53. The van der Waals surface area contributed by atoms with Crippen molar-refractivity contribution in [1.82, 2.24) is 20.6 Å². The number of halogens is 1. The third kappa shape index (κ3) is 3.50. The van der Waals surface area contributed by atoms with Crippen LogP contribution in [0.5, 0.6) is 0 Å². The summed E-state index contributed by atoms with van der Waals surface area (Å²) in [4.78, 5) is 0.738. The minimum absolute atomic E-state index is 0.0394. The second-order valence-corrected chi connectivity index (χ2v) is 7.83. The number of aromatic nitrogens is 4. The molecule has 2 aromatic heterocycles. The van der Waals surface area contributed by atoms with E-state index in [1.165, 1.54) is 0 Å². The number of nitrogens with one attached hydrogen (secondary N) is 2. The van der Waals surface area contributed by atoms with E-state index in [9.17, 15) is 8.42 Å². The van der Waals surface area contributed by atoms with Crippen molar-refractivity contribution in [2.24, 2.45) is 5.14 Å². The van der Waals surface area contributed by atoms with E-state index in [1.54, 1.807) is 6.07 Å². The van der Waals surface area contributed by atoms with Crippen molar-refractivity contribution in [2.45, 2.75) is 10.8 Å². The molecule has 0 radical (unpaired) electrons. The molecule has 1 aromatic carbocycles. The molecule has 0 aliphatic heterocycles. The van der Waals surface area contributed by atoms with E-state index < -0.39 is 10.0 Å². The van der Waals surface area contributed by atoms with Crippen LogP contribution in [0.15, 0.2) is 34.5 Å². The number of hydrogen-bond acceptors (Lipinski definition) is 7. The van der Waals surface area contributed by atoms with Crippen LogP contribution in [-0.4, -0.2) is 29.0 Å². The van der Waals surface area contributed by atoms with Crippen LogP contribution < -0.4 is 10.5 Å². The van der Waals surface area contributed by atoms with E-state index in [4.69, 9.17) is 16.7 Å². The van der Waals surface area contributed by atoms with Crippen LogP contribution in [0.3, 0.4) is 0 Å². The first-order valence-electron chi connectivity index (χ1n) is 6.33. The van der Waals surface area contributed by atoms with E-state index >= 15 is 0 Å². The third-order valence-corrected chi connectivity index (χ3v) is 6.07. The smallest absolute Gasteiger partial charge is 0.249 e. The van der Waals surface area contributed by atoms with Crippen LogP contribution in [0.2, 0.25) is 5.02 Å². The summed E-state index contributed by atoms with van der Waals surface area (Å²) in [7, 11) is -3.81. The topological polar surface area (TPSA) is 127 Å². The maximum atomic E-state index is 11.4. The lowest BCUT2D eigenvalue weighted by atomic mass is 10.1. The first-order chi connectivity index (χ1) is 10.9. The predicted octanol–water partition coefficient (Wildman–Crippen LogP) is 1.84. The number of para-hydroxylation sites is 1. The Balaban J connectivity index is 1.83. The molecular formula is C12H11ClN6O2S2. The normalized spacial score (nSPS) is 11.6. The van der Waals surface area contributed by atoms with Gasteiger partial charge in [-0.2, -0.15) is 5.21 Å². The molecule has 3 aromatic rings. The van der Waals surface area contributed by atoms with E-state index in [-0.39, 0.29) is 9.23 Å². The number of primary sulfonamides is 1. The quantitative estimate of drug-likeness (QED) is 0.629. The lowest BCUT2D eigenvalue weighted by Gasteiger charge is -2.08. The third-order valence-electron chi connectivity index (χ3n) is 2.93. The zero-order valence-electron chi connectivity index (χ0n) is 11.5. The molecular weight excluding hydrogens is 360 g/mol. The molecule has 0 saturated carbocycles. The first-order valence-corrected chi connectivity index (χ1v) is 9.07. The van der Waals surface area contributed by atoms with Crippen molar-refractivity contribution in [3.05, 3.63) is 40.2 Å². The Labute approximate surface area is 140 Å². The zero-order chi connectivity index (χ0) is 16.4. The molecule has 0 amide bonds. The number of H-pyrrole nitrogens is 1. The number of nitrogens with zero attached hydrogens (tertiary/aromatic N) is 3. The van der Waals surface area contributed by atoms with Gasteiger partial charge >= 0.3 is 0 Å². The van der Waals surface area contributed by atoms with Crippen LogP contribution in [0.25, 0.3) is 11.4 Å². The van der Waals surface area contributed by atoms with Crippen LogP contribution >= 0.6 is 22.9 Å². The Kier molecular flexibility index (Phi) is 4.31. The molecule has 0 atom stereocenters. The van der Waals surface area contributed by atoms with Crippen molar-refractivity contribution in [2.75, 3.05) is 5.32 Å². The van der Waals surface area contributed by atoms with Gasteiger partial charge in [0.2, 0.25) is 15.8 Å². The van der Waals surface area contributed by atoms with Crippen molar-refractivity contribution >= 4 is 38.6 Å². The van der Waals surface area contributed by atoms with E-state index in [0.29, 0.717) is 12.4 Å². The van der Waals surface area contributed by atoms with Crippen LogP contribution in [-0.2, 0) is 16.6 Å². The van der Waals surface area contributed by atoms with E-state index in [0.717, 1.165) is 27.5 Å². The summed E-state index contributed by atoms with van der Waals surface area (Å²) in [6, 6.07) is 9.02. The number of rotatable bonds is 5. The lowest BCUT2D eigenvalue weighted by molar-refractivity contribution is 0.600. The maximum absolute atomic E-state index is 11.4. The van der Waals surface area contributed by atoms with Gasteiger partial charge < -0.3 is 5.32 Å². The van der Waals surface area contributed by atoms with Crippen molar-refractivity contribution in [1.29, 1.82) is 0 Å². The van der Waals surface area contributed by atoms with Crippen molar-refractivity contribution in [3.63, 3.8) is 0 Å². The molecule has 0 bridgehead atoms. The number of benzene rings is 1. The molecule has 0 aliphatic carbocycles. The molecule has 0 aliphatic rings. The molecule has 3 rings (SSSR count). The summed E-state index contributed by atoms with van der Waals surface area (Å²) in [5, 5.41) is 22.3. The van der Waals surface area contributed by atoms with Gasteiger partial charge in [-0.25, -0.2) is 13.6 Å². The molecule has 0 fully saturated rings. The summed E-state index contributed by atoms with van der Waals surface area (Å²) in [5.41, 5.74) is 1.56. The summed E-state index contributed by atoms with van der Waals surface area (Å²) >= 11 is 6.95. The number of thiophene rings is 1. The van der Waals surface area contributed by atoms with E-state index in [1.807, 2.05) is 24.3 Å². The number of sulfonamides is 1. The summed E-state index contributed by atoms with van der Waals surface area (Å²) in [6.45, 7) is 0.384. The Morgan fingerprint density at radius 3 is 2.78 bits per heavy atom. The van der Waals surface area contributed by atoms with Crippen LogP contribution in [0, 0.1) is 0 Å². The molecule has 8 nitrogen and oxygen atoms in total. The zero-order valence-corrected chi connectivity index (χ0v) is 13.9. The highest BCUT2D eigenvalue weighted by atomic mass is 35.5. The van der Waals surface area contributed by atoms with Crippen molar-refractivity contribution in [3.8, 4) is 11.4 Å². The number of tetrazole rings is 1. The van der Waals surface area contributed by atoms with Crippen LogP contribution in [0.4, 0.5) is 5.69 Å². The van der Waals surface area contributed by atoms with Crippen LogP contribution in [0.1, 0.15) is 4.88 Å². The summed E-state index contributed by atoms with van der Waals surface area (Å²) < 4.78 is 22.8. The van der Waals surface area contributed by atoms with Gasteiger partial charge in [0.05, 0.1) is 5.02 Å². The monoisotopic (exact) mass is 370 g/mol. The fourth-order valence-corrected chi connectivity index (χ4v) is 4.44. The average molecular weight is 371 g/mol. The van der Waals surface area contributed by atoms with Crippen molar-refractivity contribution < 1.29 is 8.42 Å². The van der Waals surface area contributed by atoms with Gasteiger partial charge in [0, 0.05) is 22.7 Å². The maximum Gasteiger partial charge on any atom is 0.249 e. The van der Waals surface area contributed by atoms with Gasteiger partial charge in [-0.15, -0.1) is 21.5 Å². The Morgan fingerprint density at radius 1 is 1.35 bits per heavy atom. The summed E-state index contributed by atoms with van der Waals surface area (Å²) in [6.07, 6.45) is 0. The number of nitrogens with two attached hydrogens (primary N) is 1. The van der Waals surface area contributed by atoms with Gasteiger partial charge in [-0.3, -0.25) is 0 Å². The van der Waals surface area contributed by atoms with Gasteiger partial charge in [-0.05, 0) is 23.4 Å². The van der Waals surface area contributed by atoms with E-state index in [2.05, 4.69) is 25.9 Å². The number of aromatic amines is 1. The fourth-order valence-electron chi connectivity index (χ4n) is 1.97.